The van der Waals surface area contributed by atoms with Gasteiger partial charge in [0.05, 0.1) is 17.6 Å². The molecule has 0 bridgehead atoms. The Hall–Kier alpha value is -2.11. The molecular formula is C13H16N2O4. The van der Waals surface area contributed by atoms with E-state index in [-0.39, 0.29) is 17.1 Å². The van der Waals surface area contributed by atoms with E-state index in [4.69, 9.17) is 0 Å². The van der Waals surface area contributed by atoms with Gasteiger partial charge in [-0.25, -0.2) is 4.79 Å². The Morgan fingerprint density at radius 2 is 2.16 bits per heavy atom. The summed E-state index contributed by atoms with van der Waals surface area (Å²) in [6.45, 7) is 4.17. The quantitative estimate of drug-likeness (QED) is 0.513. The summed E-state index contributed by atoms with van der Waals surface area (Å²) in [6.07, 6.45) is 0.951. The number of nitro benzene ring substituents is 1. The number of esters is 1. The van der Waals surface area contributed by atoms with E-state index < -0.39 is 10.9 Å². The van der Waals surface area contributed by atoms with Crippen molar-refractivity contribution in [3.05, 3.63) is 33.9 Å². The van der Waals surface area contributed by atoms with Crippen LogP contribution in [0.2, 0.25) is 0 Å². The van der Waals surface area contributed by atoms with E-state index >= 15 is 0 Å². The van der Waals surface area contributed by atoms with E-state index in [0.29, 0.717) is 11.3 Å². The van der Waals surface area contributed by atoms with Gasteiger partial charge in [-0.1, -0.05) is 13.8 Å². The molecule has 1 aliphatic carbocycles. The molecule has 0 aromatic heterocycles. The molecular weight excluding hydrogens is 248 g/mol. The van der Waals surface area contributed by atoms with E-state index in [1.165, 1.54) is 25.3 Å². The van der Waals surface area contributed by atoms with E-state index in [2.05, 4.69) is 23.9 Å². The Bertz CT molecular complexity index is 539. The Morgan fingerprint density at radius 1 is 1.53 bits per heavy atom. The van der Waals surface area contributed by atoms with Gasteiger partial charge in [-0.05, 0) is 24.0 Å². The molecule has 1 unspecified atom stereocenters. The fourth-order valence-corrected chi connectivity index (χ4v) is 1.96. The SMILES string of the molecule is COC(=O)c1ccc([N+](=O)[O-])c(NC2CC2(C)C)c1. The average Bonchev–Trinajstić information content (AvgIpc) is 2.95. The normalized spacial score (nSPS) is 19.6. The zero-order chi connectivity index (χ0) is 14.2. The van der Waals surface area contributed by atoms with Crippen LogP contribution in [0.4, 0.5) is 11.4 Å². The highest BCUT2D eigenvalue weighted by Gasteiger charge is 2.46. The molecule has 6 heteroatoms. The van der Waals surface area contributed by atoms with Gasteiger partial charge in [0.15, 0.2) is 0 Å². The molecule has 2 rings (SSSR count). The maximum absolute atomic E-state index is 11.5. The lowest BCUT2D eigenvalue weighted by molar-refractivity contribution is -0.384. The zero-order valence-electron chi connectivity index (χ0n) is 11.1. The highest BCUT2D eigenvalue weighted by molar-refractivity contribution is 5.91. The van der Waals surface area contributed by atoms with Gasteiger partial charge < -0.3 is 10.1 Å². The van der Waals surface area contributed by atoms with E-state index in [1.54, 1.807) is 0 Å². The highest BCUT2D eigenvalue weighted by Crippen LogP contribution is 2.47. The van der Waals surface area contributed by atoms with Gasteiger partial charge in [-0.3, -0.25) is 10.1 Å². The summed E-state index contributed by atoms with van der Waals surface area (Å²) >= 11 is 0. The molecule has 0 heterocycles. The Labute approximate surface area is 110 Å². The number of hydrogen-bond acceptors (Lipinski definition) is 5. The van der Waals surface area contributed by atoms with Crippen molar-refractivity contribution in [2.75, 3.05) is 12.4 Å². The predicted octanol–water partition coefficient (Wildman–Crippen LogP) is 2.59. The number of ether oxygens (including phenoxy) is 1. The van der Waals surface area contributed by atoms with Crippen LogP contribution in [0.15, 0.2) is 18.2 Å². The second-order valence-corrected chi connectivity index (χ2v) is 5.37. The molecule has 102 valence electrons. The molecule has 1 aromatic carbocycles. The van der Waals surface area contributed by atoms with Gasteiger partial charge in [-0.2, -0.15) is 0 Å². The minimum Gasteiger partial charge on any atom is -0.465 e. The second kappa shape index (κ2) is 4.53. The summed E-state index contributed by atoms with van der Waals surface area (Å²) in [5, 5.41) is 14.1. The number of nitrogens with one attached hydrogen (secondary N) is 1. The number of anilines is 1. The first-order valence-electron chi connectivity index (χ1n) is 5.98. The molecule has 1 atom stereocenters. The number of methoxy groups -OCH3 is 1. The van der Waals surface area contributed by atoms with Gasteiger partial charge in [-0.15, -0.1) is 0 Å². The molecule has 0 saturated heterocycles. The zero-order valence-corrected chi connectivity index (χ0v) is 11.1. The maximum atomic E-state index is 11.5. The molecule has 0 radical (unpaired) electrons. The van der Waals surface area contributed by atoms with Crippen LogP contribution in [0.3, 0.4) is 0 Å². The molecule has 1 aliphatic rings. The van der Waals surface area contributed by atoms with Crippen molar-refractivity contribution < 1.29 is 14.5 Å². The van der Waals surface area contributed by atoms with Gasteiger partial charge in [0.1, 0.15) is 5.69 Å². The van der Waals surface area contributed by atoms with Crippen LogP contribution in [0.25, 0.3) is 0 Å². The minimum absolute atomic E-state index is 0.0321. The highest BCUT2D eigenvalue weighted by atomic mass is 16.6. The van der Waals surface area contributed by atoms with Crippen molar-refractivity contribution in [1.82, 2.24) is 0 Å². The smallest absolute Gasteiger partial charge is 0.337 e. The summed E-state index contributed by atoms with van der Waals surface area (Å²) in [5.74, 6) is -0.506. The summed E-state index contributed by atoms with van der Waals surface area (Å²) in [4.78, 5) is 22.0. The number of rotatable bonds is 4. The van der Waals surface area contributed by atoms with Crippen LogP contribution in [0, 0.1) is 15.5 Å². The first-order valence-corrected chi connectivity index (χ1v) is 5.98. The average molecular weight is 264 g/mol. The lowest BCUT2D eigenvalue weighted by atomic mass is 10.1. The molecule has 1 N–H and O–H groups in total. The summed E-state index contributed by atoms with van der Waals surface area (Å²) in [5.41, 5.74) is 0.766. The number of hydrogen-bond donors (Lipinski definition) is 1. The first kappa shape index (κ1) is 13.3. The number of nitro groups is 1. The van der Waals surface area contributed by atoms with E-state index in [9.17, 15) is 14.9 Å². The van der Waals surface area contributed by atoms with Crippen LogP contribution in [0.5, 0.6) is 0 Å². The van der Waals surface area contributed by atoms with Crippen molar-refractivity contribution in [2.24, 2.45) is 5.41 Å². The second-order valence-electron chi connectivity index (χ2n) is 5.37. The number of carbonyl (C=O) groups excluding carboxylic acids is 1. The Kier molecular flexibility index (Phi) is 3.18. The fraction of sp³-hybridized carbons (Fsp3) is 0.462. The Balaban J connectivity index is 2.31. The lowest BCUT2D eigenvalue weighted by Gasteiger charge is -2.10. The van der Waals surface area contributed by atoms with E-state index in [1.807, 2.05) is 0 Å². The summed E-state index contributed by atoms with van der Waals surface area (Å²) in [6, 6.07) is 4.38. The van der Waals surface area contributed by atoms with Crippen LogP contribution in [0.1, 0.15) is 30.6 Å². The third kappa shape index (κ3) is 2.67. The summed E-state index contributed by atoms with van der Waals surface area (Å²) in [7, 11) is 1.28. The Morgan fingerprint density at radius 3 is 2.63 bits per heavy atom. The van der Waals surface area contributed by atoms with Crippen molar-refractivity contribution in [3.63, 3.8) is 0 Å². The van der Waals surface area contributed by atoms with Crippen LogP contribution in [-0.4, -0.2) is 24.0 Å². The molecule has 0 aliphatic heterocycles. The number of nitrogens with zero attached hydrogens (tertiary/aromatic N) is 1. The van der Waals surface area contributed by atoms with Crippen LogP contribution >= 0.6 is 0 Å². The molecule has 6 nitrogen and oxygen atoms in total. The van der Waals surface area contributed by atoms with Crippen molar-refractivity contribution in [1.29, 1.82) is 0 Å². The summed E-state index contributed by atoms with van der Waals surface area (Å²) < 4.78 is 4.62. The van der Waals surface area contributed by atoms with Gasteiger partial charge in [0, 0.05) is 12.1 Å². The molecule has 0 spiro atoms. The molecule has 1 aromatic rings. The predicted molar refractivity (Wildman–Crippen MR) is 70.2 cm³/mol. The monoisotopic (exact) mass is 264 g/mol. The van der Waals surface area contributed by atoms with Crippen molar-refractivity contribution in [2.45, 2.75) is 26.3 Å². The lowest BCUT2D eigenvalue weighted by Crippen LogP contribution is -2.11. The van der Waals surface area contributed by atoms with Gasteiger partial charge >= 0.3 is 5.97 Å². The van der Waals surface area contributed by atoms with Crippen molar-refractivity contribution in [3.8, 4) is 0 Å². The standard InChI is InChI=1S/C13H16N2O4/c1-13(2)7-11(13)14-9-6-8(12(16)19-3)4-5-10(9)15(17)18/h4-6,11,14H,7H2,1-3H3. The van der Waals surface area contributed by atoms with Crippen LogP contribution < -0.4 is 5.32 Å². The number of carbonyl (C=O) groups is 1. The third-order valence-electron chi connectivity index (χ3n) is 3.46. The fourth-order valence-electron chi connectivity index (χ4n) is 1.96. The minimum atomic E-state index is -0.506. The molecule has 1 fully saturated rings. The topological polar surface area (TPSA) is 81.5 Å². The molecule has 1 saturated carbocycles. The third-order valence-corrected chi connectivity index (χ3v) is 3.46. The van der Waals surface area contributed by atoms with Crippen molar-refractivity contribution >= 4 is 17.3 Å². The number of benzene rings is 1. The maximum Gasteiger partial charge on any atom is 0.337 e. The van der Waals surface area contributed by atoms with Gasteiger partial charge in [0.25, 0.3) is 5.69 Å². The molecule has 0 amide bonds. The largest absolute Gasteiger partial charge is 0.465 e. The van der Waals surface area contributed by atoms with E-state index in [0.717, 1.165) is 6.42 Å². The van der Waals surface area contributed by atoms with Gasteiger partial charge in [0.2, 0.25) is 0 Å². The first-order chi connectivity index (χ1) is 8.85. The van der Waals surface area contributed by atoms with Crippen LogP contribution in [-0.2, 0) is 4.74 Å². The molecule has 19 heavy (non-hydrogen) atoms.